The Morgan fingerprint density at radius 1 is 1.20 bits per heavy atom. The number of carbonyl (C=O) groups is 1. The van der Waals surface area contributed by atoms with Crippen molar-refractivity contribution in [3.05, 3.63) is 47.2 Å². The Kier molecular flexibility index (Phi) is 4.42. The molecule has 0 saturated heterocycles. The summed E-state index contributed by atoms with van der Waals surface area (Å²) >= 11 is 6.08. The van der Waals surface area contributed by atoms with Crippen LogP contribution in [0, 0.1) is 0 Å². The Morgan fingerprint density at radius 3 is 2.60 bits per heavy atom. The van der Waals surface area contributed by atoms with Crippen LogP contribution in [0.1, 0.15) is 10.5 Å². The van der Waals surface area contributed by atoms with Crippen molar-refractivity contribution in [1.82, 2.24) is 10.3 Å². The van der Waals surface area contributed by atoms with E-state index in [1.165, 1.54) is 6.20 Å². The van der Waals surface area contributed by atoms with Crippen molar-refractivity contribution in [3.8, 4) is 11.5 Å². The minimum Gasteiger partial charge on any atom is -0.457 e. The monoisotopic (exact) mass is 291 g/mol. The van der Waals surface area contributed by atoms with Gasteiger partial charge in [-0.25, -0.2) is 0 Å². The zero-order chi connectivity index (χ0) is 14.5. The van der Waals surface area contributed by atoms with E-state index in [-0.39, 0.29) is 5.91 Å². The van der Waals surface area contributed by atoms with Gasteiger partial charge in [-0.05, 0) is 18.2 Å². The molecule has 2 rings (SSSR count). The molecule has 0 aliphatic heterocycles. The fourth-order valence-electron chi connectivity index (χ4n) is 1.63. The summed E-state index contributed by atoms with van der Waals surface area (Å²) in [6.07, 6.45) is 1.52. The normalized spacial score (nSPS) is 9.95. The van der Waals surface area contributed by atoms with Crippen LogP contribution in [0.4, 0.5) is 5.69 Å². The highest BCUT2D eigenvalue weighted by Crippen LogP contribution is 2.29. The molecule has 0 atom stereocenters. The van der Waals surface area contributed by atoms with Gasteiger partial charge in [-0.2, -0.15) is 0 Å². The third kappa shape index (κ3) is 3.19. The first-order valence-corrected chi connectivity index (χ1v) is 6.35. The van der Waals surface area contributed by atoms with E-state index in [4.69, 9.17) is 16.3 Å². The molecular formula is C14H14ClN3O2. The van der Waals surface area contributed by atoms with Crippen molar-refractivity contribution in [2.45, 2.75) is 0 Å². The molecule has 0 aliphatic rings. The van der Waals surface area contributed by atoms with Gasteiger partial charge in [0, 0.05) is 32.4 Å². The summed E-state index contributed by atoms with van der Waals surface area (Å²) < 4.78 is 5.66. The molecule has 0 bridgehead atoms. The predicted molar refractivity (Wildman–Crippen MR) is 78.7 cm³/mol. The molecule has 0 aliphatic carbocycles. The Bertz CT molecular complexity index is 632. The molecule has 1 heterocycles. The van der Waals surface area contributed by atoms with Gasteiger partial charge in [0.05, 0.1) is 10.7 Å². The van der Waals surface area contributed by atoms with E-state index < -0.39 is 0 Å². The van der Waals surface area contributed by atoms with Gasteiger partial charge in [-0.3, -0.25) is 9.78 Å². The summed E-state index contributed by atoms with van der Waals surface area (Å²) in [5.41, 5.74) is 1.11. The molecule has 0 saturated carbocycles. The van der Waals surface area contributed by atoms with Crippen LogP contribution in [0.3, 0.4) is 0 Å². The van der Waals surface area contributed by atoms with Crippen LogP contribution in [0.2, 0.25) is 5.02 Å². The average molecular weight is 292 g/mol. The Labute approximate surface area is 121 Å². The quantitative estimate of drug-likeness (QED) is 0.909. The highest BCUT2D eigenvalue weighted by Gasteiger charge is 2.07. The van der Waals surface area contributed by atoms with Crippen molar-refractivity contribution in [3.63, 3.8) is 0 Å². The number of pyridine rings is 1. The van der Waals surface area contributed by atoms with E-state index in [1.54, 1.807) is 38.4 Å². The second-order valence-corrected chi connectivity index (χ2v) is 4.36. The number of anilines is 1. The van der Waals surface area contributed by atoms with E-state index in [0.29, 0.717) is 22.2 Å². The van der Waals surface area contributed by atoms with Crippen LogP contribution in [-0.2, 0) is 0 Å². The number of amides is 1. The first kappa shape index (κ1) is 14.1. The topological polar surface area (TPSA) is 63.2 Å². The van der Waals surface area contributed by atoms with Gasteiger partial charge < -0.3 is 15.4 Å². The lowest BCUT2D eigenvalue weighted by Gasteiger charge is -2.09. The number of benzene rings is 1. The number of hydrogen-bond acceptors (Lipinski definition) is 4. The maximum atomic E-state index is 11.5. The third-order valence-corrected chi connectivity index (χ3v) is 2.95. The number of nitrogens with zero attached hydrogens (tertiary/aromatic N) is 1. The molecule has 0 spiro atoms. The standard InChI is InChI=1S/C14H14ClN3O2/c1-16-12-4-3-9(7-11(12)15)20-10-5-6-18-13(8-10)14(19)17-2/h3-8,16H,1-2H3,(H,17,19). The molecule has 104 valence electrons. The highest BCUT2D eigenvalue weighted by molar-refractivity contribution is 6.33. The molecule has 0 unspecified atom stereocenters. The molecule has 0 fully saturated rings. The second-order valence-electron chi connectivity index (χ2n) is 3.95. The molecule has 5 nitrogen and oxygen atoms in total. The van der Waals surface area contributed by atoms with Gasteiger partial charge in [0.15, 0.2) is 0 Å². The number of hydrogen-bond donors (Lipinski definition) is 2. The Balaban J connectivity index is 2.21. The molecule has 1 aromatic carbocycles. The number of rotatable bonds is 4. The first-order chi connectivity index (χ1) is 9.63. The highest BCUT2D eigenvalue weighted by atomic mass is 35.5. The summed E-state index contributed by atoms with van der Waals surface area (Å²) in [5.74, 6) is 0.842. The lowest BCUT2D eigenvalue weighted by molar-refractivity contribution is 0.0958. The summed E-state index contributed by atoms with van der Waals surface area (Å²) in [6.45, 7) is 0. The van der Waals surface area contributed by atoms with Gasteiger partial charge in [0.2, 0.25) is 0 Å². The first-order valence-electron chi connectivity index (χ1n) is 5.97. The SMILES string of the molecule is CNC(=O)c1cc(Oc2ccc(NC)c(Cl)c2)ccn1. The van der Waals surface area contributed by atoms with Crippen LogP contribution < -0.4 is 15.4 Å². The number of halogens is 1. The number of ether oxygens (including phenoxy) is 1. The third-order valence-electron chi connectivity index (χ3n) is 2.64. The van der Waals surface area contributed by atoms with Crippen molar-refractivity contribution in [1.29, 1.82) is 0 Å². The largest absolute Gasteiger partial charge is 0.457 e. The summed E-state index contributed by atoms with van der Waals surface area (Å²) in [7, 11) is 3.34. The van der Waals surface area contributed by atoms with E-state index in [9.17, 15) is 4.79 Å². The van der Waals surface area contributed by atoms with E-state index >= 15 is 0 Å². The number of aromatic nitrogens is 1. The van der Waals surface area contributed by atoms with Crippen molar-refractivity contribution < 1.29 is 9.53 Å². The lowest BCUT2D eigenvalue weighted by Crippen LogP contribution is -2.18. The van der Waals surface area contributed by atoms with Crippen LogP contribution in [0.25, 0.3) is 0 Å². The molecule has 1 aromatic heterocycles. The molecule has 20 heavy (non-hydrogen) atoms. The van der Waals surface area contributed by atoms with E-state index in [2.05, 4.69) is 15.6 Å². The fraction of sp³-hybridized carbons (Fsp3) is 0.143. The van der Waals surface area contributed by atoms with Crippen molar-refractivity contribution in [2.24, 2.45) is 0 Å². The summed E-state index contributed by atoms with van der Waals surface area (Å²) in [5, 5.41) is 6.04. The van der Waals surface area contributed by atoms with Gasteiger partial charge in [0.1, 0.15) is 17.2 Å². The van der Waals surface area contributed by atoms with Gasteiger partial charge in [-0.15, -0.1) is 0 Å². The maximum absolute atomic E-state index is 11.5. The Hall–Kier alpha value is -2.27. The summed E-state index contributed by atoms with van der Waals surface area (Å²) in [4.78, 5) is 15.5. The number of nitrogens with one attached hydrogen (secondary N) is 2. The molecule has 2 N–H and O–H groups in total. The van der Waals surface area contributed by atoms with E-state index in [0.717, 1.165) is 5.69 Å². The van der Waals surface area contributed by atoms with Gasteiger partial charge >= 0.3 is 0 Å². The van der Waals surface area contributed by atoms with Crippen molar-refractivity contribution in [2.75, 3.05) is 19.4 Å². The van der Waals surface area contributed by atoms with Crippen LogP contribution in [0.5, 0.6) is 11.5 Å². The van der Waals surface area contributed by atoms with Crippen LogP contribution in [0.15, 0.2) is 36.5 Å². The van der Waals surface area contributed by atoms with Gasteiger partial charge in [0.25, 0.3) is 5.91 Å². The number of carbonyl (C=O) groups excluding carboxylic acids is 1. The Morgan fingerprint density at radius 2 is 1.95 bits per heavy atom. The minimum absolute atomic E-state index is 0.265. The maximum Gasteiger partial charge on any atom is 0.269 e. The molecular weight excluding hydrogens is 278 g/mol. The van der Waals surface area contributed by atoms with Crippen LogP contribution >= 0.6 is 11.6 Å². The van der Waals surface area contributed by atoms with E-state index in [1.807, 2.05) is 6.07 Å². The predicted octanol–water partition coefficient (Wildman–Crippen LogP) is 2.93. The minimum atomic E-state index is -0.265. The lowest BCUT2D eigenvalue weighted by atomic mass is 10.3. The smallest absolute Gasteiger partial charge is 0.269 e. The fourth-order valence-corrected chi connectivity index (χ4v) is 1.89. The van der Waals surface area contributed by atoms with Gasteiger partial charge in [-0.1, -0.05) is 11.6 Å². The summed E-state index contributed by atoms with van der Waals surface area (Å²) in [6, 6.07) is 8.55. The molecule has 1 amide bonds. The molecule has 6 heteroatoms. The molecule has 0 radical (unpaired) electrons. The van der Waals surface area contributed by atoms with Crippen LogP contribution in [-0.4, -0.2) is 25.0 Å². The van der Waals surface area contributed by atoms with Crippen molar-refractivity contribution >= 4 is 23.2 Å². The second kappa shape index (κ2) is 6.25. The zero-order valence-corrected chi connectivity index (χ0v) is 11.9. The average Bonchev–Trinajstić information content (AvgIpc) is 2.47. The molecule has 2 aromatic rings. The zero-order valence-electron chi connectivity index (χ0n) is 11.1.